The predicted octanol–water partition coefficient (Wildman–Crippen LogP) is 5.52. The molecule has 0 radical (unpaired) electrons. The average molecular weight is 636 g/mol. The maximum Gasteiger partial charge on any atom is 0.319 e. The van der Waals surface area contributed by atoms with E-state index in [-0.39, 0.29) is 59.6 Å². The molecule has 6 rings (SSSR count). The number of hydrogen-bond donors (Lipinski definition) is 0. The van der Waals surface area contributed by atoms with Crippen LogP contribution in [0.25, 0.3) is 32.9 Å². The zero-order valence-electron chi connectivity index (χ0n) is 24.4. The van der Waals surface area contributed by atoms with Crippen molar-refractivity contribution >= 4 is 45.0 Å². The van der Waals surface area contributed by atoms with E-state index in [1.807, 2.05) is 7.05 Å². The highest BCUT2D eigenvalue weighted by Gasteiger charge is 2.34. The highest BCUT2D eigenvalue weighted by atomic mass is 35.5. The van der Waals surface area contributed by atoms with Crippen LogP contribution in [0, 0.1) is 28.9 Å². The summed E-state index contributed by atoms with van der Waals surface area (Å²) in [6, 6.07) is 9.21. The van der Waals surface area contributed by atoms with Crippen molar-refractivity contribution in [1.29, 1.82) is 5.26 Å². The zero-order valence-corrected chi connectivity index (χ0v) is 25.2. The molecule has 0 spiro atoms. The molecule has 0 aliphatic carbocycles. The van der Waals surface area contributed by atoms with Crippen LogP contribution in [0.15, 0.2) is 48.9 Å². The number of carbonyl (C=O) groups is 1. The van der Waals surface area contributed by atoms with Gasteiger partial charge in [0.05, 0.1) is 35.5 Å². The van der Waals surface area contributed by atoms with E-state index in [1.165, 1.54) is 17.2 Å². The summed E-state index contributed by atoms with van der Waals surface area (Å²) in [7, 11) is 2.03. The average Bonchev–Trinajstić information content (AvgIpc) is 3.46. The minimum atomic E-state index is -1.11. The van der Waals surface area contributed by atoms with Gasteiger partial charge in [-0.1, -0.05) is 42.4 Å². The minimum Gasteiger partial charge on any atom is -0.463 e. The van der Waals surface area contributed by atoms with E-state index in [4.69, 9.17) is 16.3 Å². The van der Waals surface area contributed by atoms with Crippen molar-refractivity contribution in [3.63, 3.8) is 0 Å². The van der Waals surface area contributed by atoms with Gasteiger partial charge >= 0.3 is 6.01 Å². The molecule has 0 unspecified atom stereocenters. The van der Waals surface area contributed by atoms with Crippen LogP contribution < -0.4 is 9.64 Å². The van der Waals surface area contributed by atoms with Crippen molar-refractivity contribution in [2.24, 2.45) is 5.92 Å². The Balaban J connectivity index is 1.46. The summed E-state index contributed by atoms with van der Waals surface area (Å²) < 4.78 is 50.9. The molecule has 0 N–H and O–H groups in total. The molecule has 2 aromatic carbocycles. The van der Waals surface area contributed by atoms with E-state index in [9.17, 15) is 18.8 Å². The third-order valence-corrected chi connectivity index (χ3v) is 8.74. The lowest BCUT2D eigenvalue weighted by atomic mass is 10.0. The normalized spacial score (nSPS) is 18.8. The summed E-state index contributed by atoms with van der Waals surface area (Å²) in [5, 5.41) is 10.5. The number of nitrogens with zero attached hydrogens (tertiary/aromatic N) is 7. The SMILES string of the molecule is C=C(F)C(=O)N1CCN(c2nc(OC[C@@H]3CCN(C)C3)nc3c(F)c(-c4cccc5ccc(F)c(Cl)c45)ncc23)C[C@@H]1CC#N. The van der Waals surface area contributed by atoms with E-state index in [1.54, 1.807) is 29.2 Å². The first kappa shape index (κ1) is 30.6. The quantitative estimate of drug-likeness (QED) is 0.245. The second-order valence-corrected chi connectivity index (χ2v) is 11.7. The molecule has 1 amide bonds. The van der Waals surface area contributed by atoms with E-state index in [0.29, 0.717) is 28.8 Å². The number of ether oxygens (including phenoxy) is 1. The molecule has 45 heavy (non-hydrogen) atoms. The van der Waals surface area contributed by atoms with Crippen molar-refractivity contribution in [1.82, 2.24) is 24.8 Å². The number of carbonyl (C=O) groups excluding carboxylic acids is 1. The van der Waals surface area contributed by atoms with Crippen LogP contribution in [0.4, 0.5) is 19.0 Å². The molecular formula is C32H29ClF3N7O2. The van der Waals surface area contributed by atoms with E-state index >= 15 is 4.39 Å². The summed E-state index contributed by atoms with van der Waals surface area (Å²) in [6.45, 7) is 5.62. The fourth-order valence-electron chi connectivity index (χ4n) is 6.13. The first-order valence-corrected chi connectivity index (χ1v) is 14.9. The Hall–Kier alpha value is -4.47. The number of aromatic nitrogens is 3. The van der Waals surface area contributed by atoms with E-state index < -0.39 is 29.4 Å². The molecule has 0 bridgehead atoms. The fourth-order valence-corrected chi connectivity index (χ4v) is 6.40. The Bertz CT molecular complexity index is 1870. The van der Waals surface area contributed by atoms with Crippen molar-refractivity contribution in [3.05, 3.63) is 65.6 Å². The van der Waals surface area contributed by atoms with Gasteiger partial charge in [0.25, 0.3) is 5.91 Å². The van der Waals surface area contributed by atoms with Gasteiger partial charge < -0.3 is 19.4 Å². The third-order valence-electron chi connectivity index (χ3n) is 8.37. The molecule has 2 saturated heterocycles. The monoisotopic (exact) mass is 635 g/mol. The number of fused-ring (bicyclic) bond motifs is 2. The Kier molecular flexibility index (Phi) is 8.48. The lowest BCUT2D eigenvalue weighted by Crippen LogP contribution is -2.55. The van der Waals surface area contributed by atoms with E-state index in [2.05, 4.69) is 32.5 Å². The molecule has 2 aromatic heterocycles. The summed E-state index contributed by atoms with van der Waals surface area (Å²) in [4.78, 5) is 31.3. The number of anilines is 1. The first-order valence-electron chi connectivity index (χ1n) is 14.5. The molecule has 9 nitrogen and oxygen atoms in total. The van der Waals surface area contributed by atoms with Gasteiger partial charge in [-0.3, -0.25) is 9.78 Å². The van der Waals surface area contributed by atoms with Crippen LogP contribution in [0.1, 0.15) is 12.8 Å². The van der Waals surface area contributed by atoms with Crippen molar-refractivity contribution in [2.75, 3.05) is 51.3 Å². The van der Waals surface area contributed by atoms with Crippen LogP contribution >= 0.6 is 11.6 Å². The molecule has 2 aliphatic rings. The van der Waals surface area contributed by atoms with Crippen LogP contribution in [-0.2, 0) is 4.79 Å². The molecule has 2 fully saturated rings. The number of hydrogen-bond acceptors (Lipinski definition) is 8. The number of rotatable bonds is 7. The second kappa shape index (κ2) is 12.5. The zero-order chi connectivity index (χ0) is 31.8. The number of nitriles is 1. The van der Waals surface area contributed by atoms with Crippen LogP contribution in [0.5, 0.6) is 6.01 Å². The third kappa shape index (κ3) is 5.85. The van der Waals surface area contributed by atoms with E-state index in [0.717, 1.165) is 19.5 Å². The van der Waals surface area contributed by atoms with Crippen LogP contribution in [0.2, 0.25) is 5.02 Å². The largest absolute Gasteiger partial charge is 0.463 e. The maximum absolute atomic E-state index is 16.6. The topological polar surface area (TPSA) is 98.5 Å². The number of benzene rings is 2. The lowest BCUT2D eigenvalue weighted by molar-refractivity contribution is -0.131. The van der Waals surface area contributed by atoms with Crippen LogP contribution in [0.3, 0.4) is 0 Å². The maximum atomic E-state index is 16.6. The molecule has 2 aliphatic heterocycles. The van der Waals surface area contributed by atoms with Gasteiger partial charge in [-0.2, -0.15) is 15.2 Å². The van der Waals surface area contributed by atoms with Gasteiger partial charge in [0.1, 0.15) is 22.8 Å². The van der Waals surface area contributed by atoms with Gasteiger partial charge in [-0.05, 0) is 31.5 Å². The fraction of sp³-hybridized carbons (Fsp3) is 0.344. The minimum absolute atomic E-state index is 0.0439. The standard InChI is InChI=1S/C32H29ClF3N7O2/c1-18(34)31(44)43-13-12-42(16-21(43)8-10-37)30-23-14-38-28(22-5-3-4-20-6-7-24(35)26(33)25(20)22)27(36)29(23)39-32(40-30)45-17-19-9-11-41(2)15-19/h3-7,14,19,21H,1,8-9,11-13,15-17H2,2H3/t19-,21+/m1/s1. The van der Waals surface area contributed by atoms with Gasteiger partial charge in [0.2, 0.25) is 0 Å². The summed E-state index contributed by atoms with van der Waals surface area (Å²) in [6.07, 6.45) is 2.31. The smallest absolute Gasteiger partial charge is 0.319 e. The summed E-state index contributed by atoms with van der Waals surface area (Å²) in [5.74, 6) is -2.86. The van der Waals surface area contributed by atoms with Crippen LogP contribution in [-0.4, -0.2) is 83.1 Å². The molecule has 13 heteroatoms. The molecule has 4 aromatic rings. The number of halogens is 4. The molecule has 2 atom stereocenters. The molecular weight excluding hydrogens is 607 g/mol. The second-order valence-electron chi connectivity index (χ2n) is 11.4. The Morgan fingerprint density at radius 3 is 2.73 bits per heavy atom. The number of pyridine rings is 1. The van der Waals surface area contributed by atoms with Gasteiger partial charge in [-0.15, -0.1) is 0 Å². The number of amides is 1. The van der Waals surface area contributed by atoms with Gasteiger partial charge in [-0.25, -0.2) is 13.2 Å². The predicted molar refractivity (Wildman–Crippen MR) is 164 cm³/mol. The van der Waals surface area contributed by atoms with Gasteiger partial charge in [0, 0.05) is 49.2 Å². The lowest BCUT2D eigenvalue weighted by Gasteiger charge is -2.41. The van der Waals surface area contributed by atoms with Crippen molar-refractivity contribution in [2.45, 2.75) is 18.9 Å². The molecule has 4 heterocycles. The number of piperazine rings is 1. The van der Waals surface area contributed by atoms with Crippen molar-refractivity contribution in [3.8, 4) is 23.3 Å². The number of likely N-dealkylation sites (tertiary alicyclic amines) is 1. The molecule has 232 valence electrons. The first-order chi connectivity index (χ1) is 21.7. The summed E-state index contributed by atoms with van der Waals surface area (Å²) in [5.41, 5.74) is 0.147. The Labute approximate surface area is 262 Å². The summed E-state index contributed by atoms with van der Waals surface area (Å²) >= 11 is 6.35. The highest BCUT2D eigenvalue weighted by Crippen LogP contribution is 2.38. The van der Waals surface area contributed by atoms with Crippen molar-refractivity contribution < 1.29 is 22.7 Å². The Morgan fingerprint density at radius 1 is 1.18 bits per heavy atom. The molecule has 0 saturated carbocycles. The van der Waals surface area contributed by atoms with Gasteiger partial charge in [0.15, 0.2) is 11.6 Å². The highest BCUT2D eigenvalue weighted by molar-refractivity contribution is 6.36. The Morgan fingerprint density at radius 2 is 2.00 bits per heavy atom.